The molecule has 0 amide bonds. The summed E-state index contributed by atoms with van der Waals surface area (Å²) >= 11 is 1.49. The minimum absolute atomic E-state index is 0. The van der Waals surface area contributed by atoms with Gasteiger partial charge in [0, 0.05) is 16.0 Å². The van der Waals surface area contributed by atoms with Crippen molar-refractivity contribution in [1.82, 2.24) is 10.3 Å². The Balaban J connectivity index is 0.000000241. The van der Waals surface area contributed by atoms with Gasteiger partial charge in [0.15, 0.2) is 0 Å². The van der Waals surface area contributed by atoms with Crippen LogP contribution >= 0.6 is 11.8 Å². The molecule has 0 aliphatic carbocycles. The van der Waals surface area contributed by atoms with Crippen molar-refractivity contribution >= 4 is 33.2 Å². The summed E-state index contributed by atoms with van der Waals surface area (Å²) in [5.41, 5.74) is 1.83. The van der Waals surface area contributed by atoms with E-state index in [-0.39, 0.29) is 41.9 Å². The molecule has 6 aromatic rings. The molecule has 0 fully saturated rings. The van der Waals surface area contributed by atoms with E-state index in [0.29, 0.717) is 16.9 Å². The Bertz CT molecular complexity index is 1990. The van der Waals surface area contributed by atoms with Crippen LogP contribution in [-0.2, 0) is 9.84 Å². The monoisotopic (exact) mass is 654 g/mol. The van der Waals surface area contributed by atoms with Crippen LogP contribution < -0.4 is 0 Å². The van der Waals surface area contributed by atoms with Gasteiger partial charge in [-0.2, -0.15) is 0 Å². The fraction of sp³-hybridized carbons (Fsp3) is 0.111. The number of nitrogens with zero attached hydrogens (tertiary/aromatic N) is 2. The van der Waals surface area contributed by atoms with Crippen LogP contribution in [0.2, 0.25) is 0 Å². The number of aryl methyl sites for hydroxylation is 2. The van der Waals surface area contributed by atoms with Crippen molar-refractivity contribution in [3.8, 4) is 0 Å². The van der Waals surface area contributed by atoms with E-state index in [1.165, 1.54) is 30.8 Å². The minimum Gasteiger partial charge on any atom is -0.351 e. The maximum Gasteiger partial charge on any atom is 0.232 e. The highest BCUT2D eigenvalue weighted by Gasteiger charge is 2.32. The van der Waals surface area contributed by atoms with Crippen molar-refractivity contribution in [3.05, 3.63) is 155 Å². The quantitative estimate of drug-likeness (QED) is 0.148. The third kappa shape index (κ3) is 7.77. The average molecular weight is 655 g/mol. The molecular formula is C36H34N2O6S2. The van der Waals surface area contributed by atoms with Gasteiger partial charge < -0.3 is 9.05 Å². The highest BCUT2D eigenvalue weighted by atomic mass is 32.2. The Labute approximate surface area is 273 Å². The first-order valence-electron chi connectivity index (χ1n) is 13.4. The first kappa shape index (κ1) is 35.4. The van der Waals surface area contributed by atoms with Crippen molar-refractivity contribution in [1.29, 1.82) is 0 Å². The van der Waals surface area contributed by atoms with Crippen molar-refractivity contribution in [2.45, 2.75) is 48.3 Å². The van der Waals surface area contributed by atoms with Crippen LogP contribution in [0, 0.1) is 13.8 Å². The maximum atomic E-state index is 12.8. The maximum absolute atomic E-state index is 12.8. The summed E-state index contributed by atoms with van der Waals surface area (Å²) in [7, 11) is -3.89. The predicted molar refractivity (Wildman–Crippen MR) is 178 cm³/mol. The van der Waals surface area contributed by atoms with Gasteiger partial charge in [0.05, 0.1) is 15.5 Å². The van der Waals surface area contributed by atoms with Gasteiger partial charge in [-0.15, -0.1) is 0 Å². The lowest BCUT2D eigenvalue weighted by Gasteiger charge is -2.04. The van der Waals surface area contributed by atoms with Crippen molar-refractivity contribution < 1.29 is 27.1 Å². The molecule has 0 spiro atoms. The van der Waals surface area contributed by atoms with Gasteiger partial charge in [-0.25, -0.2) is 8.42 Å². The van der Waals surface area contributed by atoms with E-state index in [4.69, 9.17) is 9.05 Å². The third-order valence-corrected chi connectivity index (χ3v) is 9.49. The van der Waals surface area contributed by atoms with E-state index >= 15 is 0 Å². The molecule has 0 atom stereocenters. The SMILES string of the molecule is C.C.Cc1noc(C(=O)c2ccccc2)c1S(=O)(=O)c1ccccc1.Cc1noc(C(=O)c2ccccc2)c1Sc1ccccc1. The van der Waals surface area contributed by atoms with Gasteiger partial charge in [0.2, 0.25) is 32.9 Å². The molecule has 0 N–H and O–H groups in total. The smallest absolute Gasteiger partial charge is 0.232 e. The van der Waals surface area contributed by atoms with Crippen LogP contribution in [0.25, 0.3) is 0 Å². The van der Waals surface area contributed by atoms with Gasteiger partial charge in [-0.3, -0.25) is 9.59 Å². The zero-order chi connectivity index (χ0) is 31.1. The molecule has 8 nitrogen and oxygen atoms in total. The normalized spacial score (nSPS) is 10.5. The number of aromatic nitrogens is 2. The molecule has 6 rings (SSSR count). The first-order valence-corrected chi connectivity index (χ1v) is 15.7. The number of rotatable bonds is 8. The second-order valence-electron chi connectivity index (χ2n) is 9.47. The summed E-state index contributed by atoms with van der Waals surface area (Å²) in [6, 6.07) is 35.2. The topological polar surface area (TPSA) is 120 Å². The van der Waals surface area contributed by atoms with Gasteiger partial charge in [0.25, 0.3) is 0 Å². The van der Waals surface area contributed by atoms with E-state index in [2.05, 4.69) is 10.3 Å². The Morgan fingerprint density at radius 1 is 0.587 bits per heavy atom. The van der Waals surface area contributed by atoms with E-state index in [1.807, 2.05) is 55.5 Å². The van der Waals surface area contributed by atoms with Gasteiger partial charge >= 0.3 is 0 Å². The van der Waals surface area contributed by atoms with Crippen LogP contribution in [0.1, 0.15) is 58.5 Å². The molecule has 0 unspecified atom stereocenters. The predicted octanol–water partition coefficient (Wildman–Crippen LogP) is 8.68. The van der Waals surface area contributed by atoms with Gasteiger partial charge in [-0.05, 0) is 38.1 Å². The summed E-state index contributed by atoms with van der Waals surface area (Å²) in [5.74, 6) is -0.625. The van der Waals surface area contributed by atoms with E-state index in [0.717, 1.165) is 15.5 Å². The van der Waals surface area contributed by atoms with Crippen LogP contribution in [0.15, 0.2) is 150 Å². The Kier molecular flexibility index (Phi) is 12.2. The molecule has 46 heavy (non-hydrogen) atoms. The number of carbonyl (C=O) groups is 2. The molecule has 0 saturated carbocycles. The number of hydrogen-bond donors (Lipinski definition) is 0. The molecule has 236 valence electrons. The fourth-order valence-electron chi connectivity index (χ4n) is 4.21. The number of carbonyl (C=O) groups excluding carboxylic acids is 2. The average Bonchev–Trinajstić information content (AvgIpc) is 3.64. The summed E-state index contributed by atoms with van der Waals surface area (Å²) in [6.07, 6.45) is 0. The molecule has 0 bridgehead atoms. The third-order valence-electron chi connectivity index (χ3n) is 6.39. The lowest BCUT2D eigenvalue weighted by atomic mass is 10.1. The van der Waals surface area contributed by atoms with E-state index in [9.17, 15) is 18.0 Å². The Morgan fingerprint density at radius 3 is 1.52 bits per heavy atom. The molecule has 0 radical (unpaired) electrons. The number of benzene rings is 4. The van der Waals surface area contributed by atoms with Crippen LogP contribution in [0.5, 0.6) is 0 Å². The summed E-state index contributed by atoms with van der Waals surface area (Å²) in [6.45, 7) is 3.34. The summed E-state index contributed by atoms with van der Waals surface area (Å²) < 4.78 is 35.9. The number of hydrogen-bond acceptors (Lipinski definition) is 9. The molecule has 4 aromatic carbocycles. The number of sulfone groups is 1. The Morgan fingerprint density at radius 2 is 1.00 bits per heavy atom. The molecule has 2 aromatic heterocycles. The molecule has 0 aliphatic heterocycles. The summed E-state index contributed by atoms with van der Waals surface area (Å²) in [5, 5.41) is 7.62. The zero-order valence-corrected chi connectivity index (χ0v) is 25.3. The molecule has 0 saturated heterocycles. The first-order chi connectivity index (χ1) is 21.3. The molecular weight excluding hydrogens is 621 g/mol. The molecule has 0 aliphatic rings. The second kappa shape index (κ2) is 15.8. The zero-order valence-electron chi connectivity index (χ0n) is 23.7. The van der Waals surface area contributed by atoms with Gasteiger partial charge in [0.1, 0.15) is 10.6 Å². The van der Waals surface area contributed by atoms with Crippen LogP contribution in [-0.4, -0.2) is 30.3 Å². The minimum atomic E-state index is -3.89. The van der Waals surface area contributed by atoms with Crippen molar-refractivity contribution in [2.75, 3.05) is 0 Å². The second-order valence-corrected chi connectivity index (χ2v) is 12.4. The standard InChI is InChI=1S/C17H13NO4S.C17H13NO2S.2CH4/c1-12-17(23(20,21)14-10-6-3-7-11-14)16(22-18-12)15(19)13-8-4-2-5-9-13;1-12-17(21-14-10-6-3-7-11-14)16(20-18-12)15(19)13-8-4-2-5-9-13;;/h2-11H,1H3;2-11H,1H3;2*1H4. The highest BCUT2D eigenvalue weighted by Crippen LogP contribution is 2.34. The Hall–Kier alpha value is -5.06. The van der Waals surface area contributed by atoms with Crippen LogP contribution in [0.4, 0.5) is 0 Å². The highest BCUT2D eigenvalue weighted by molar-refractivity contribution is 7.99. The summed E-state index contributed by atoms with van der Waals surface area (Å²) in [4.78, 5) is 26.8. The lowest BCUT2D eigenvalue weighted by molar-refractivity contribution is 0.0989. The van der Waals surface area contributed by atoms with Crippen molar-refractivity contribution in [3.63, 3.8) is 0 Å². The van der Waals surface area contributed by atoms with E-state index in [1.54, 1.807) is 60.7 Å². The van der Waals surface area contributed by atoms with E-state index < -0.39 is 15.6 Å². The van der Waals surface area contributed by atoms with Crippen molar-refractivity contribution in [2.24, 2.45) is 0 Å². The largest absolute Gasteiger partial charge is 0.351 e. The fourth-order valence-corrected chi connectivity index (χ4v) is 6.70. The number of ketones is 2. The van der Waals surface area contributed by atoms with Gasteiger partial charge in [-0.1, -0.05) is 134 Å². The lowest BCUT2D eigenvalue weighted by Crippen LogP contribution is -2.09. The molecule has 2 heterocycles. The molecule has 10 heteroatoms. The van der Waals surface area contributed by atoms with Crippen LogP contribution in [0.3, 0.4) is 0 Å².